The first-order valence-electron chi connectivity index (χ1n) is 11.4. The van der Waals surface area contributed by atoms with Gasteiger partial charge in [-0.1, -0.05) is 23.7 Å². The molecule has 0 radical (unpaired) electrons. The van der Waals surface area contributed by atoms with Crippen LogP contribution in [-0.2, 0) is 24.3 Å². The molecule has 9 nitrogen and oxygen atoms in total. The van der Waals surface area contributed by atoms with Crippen LogP contribution in [0.15, 0.2) is 90.3 Å². The smallest absolute Gasteiger partial charge is 0.338 e. The van der Waals surface area contributed by atoms with Gasteiger partial charge in [0.15, 0.2) is 6.10 Å². The highest BCUT2D eigenvalue weighted by atomic mass is 35.5. The number of carbonyl (C=O) groups is 3. The van der Waals surface area contributed by atoms with Gasteiger partial charge >= 0.3 is 5.97 Å². The molecule has 0 spiro atoms. The zero-order valence-electron chi connectivity index (χ0n) is 20.7. The molecular formula is C27H26ClN3O6S. The Morgan fingerprint density at radius 2 is 1.61 bits per heavy atom. The Balaban J connectivity index is 1.72. The van der Waals surface area contributed by atoms with Crippen molar-refractivity contribution in [2.45, 2.75) is 24.8 Å². The Morgan fingerprint density at radius 3 is 2.18 bits per heavy atom. The number of halogens is 1. The molecule has 0 saturated heterocycles. The highest BCUT2D eigenvalue weighted by Crippen LogP contribution is 2.26. The average Bonchev–Trinajstić information content (AvgIpc) is 2.88. The molecule has 0 heterocycles. The van der Waals surface area contributed by atoms with Gasteiger partial charge < -0.3 is 15.4 Å². The van der Waals surface area contributed by atoms with E-state index in [-0.39, 0.29) is 22.9 Å². The standard InChI is InChI=1S/C27H26ClN3O6S/c1-4-16-31(24-14-8-21(28)9-15-24)38(35,36)25-7-5-6-20(17-25)27(34)37-18(2)26(33)30-23-12-10-22(11-13-23)29-19(3)32/h4-15,17-18H,1,16H2,2-3H3,(H,29,32)(H,30,33)/t18-/m0/s1. The van der Waals surface area contributed by atoms with E-state index < -0.39 is 28.0 Å². The number of benzene rings is 3. The molecule has 3 aromatic carbocycles. The quantitative estimate of drug-likeness (QED) is 0.272. The number of rotatable bonds is 10. The van der Waals surface area contributed by atoms with Crippen molar-refractivity contribution in [1.29, 1.82) is 0 Å². The number of esters is 1. The Bertz CT molecular complexity index is 1440. The third-order valence-corrected chi connectivity index (χ3v) is 7.23. The SMILES string of the molecule is C=CCN(c1ccc(Cl)cc1)S(=O)(=O)c1cccc(C(=O)O[C@@H](C)C(=O)Nc2ccc(NC(C)=O)cc2)c1. The van der Waals surface area contributed by atoms with Crippen molar-refractivity contribution in [2.24, 2.45) is 0 Å². The second-order valence-corrected chi connectivity index (χ2v) is 10.4. The van der Waals surface area contributed by atoms with Crippen LogP contribution in [0.2, 0.25) is 5.02 Å². The van der Waals surface area contributed by atoms with E-state index >= 15 is 0 Å². The molecule has 0 aromatic heterocycles. The molecule has 0 fully saturated rings. The predicted molar refractivity (Wildman–Crippen MR) is 147 cm³/mol. The minimum absolute atomic E-state index is 0.0123. The molecule has 0 aliphatic carbocycles. The molecule has 0 saturated carbocycles. The second-order valence-electron chi connectivity index (χ2n) is 8.12. The molecule has 0 bridgehead atoms. The molecule has 38 heavy (non-hydrogen) atoms. The Hall–Kier alpha value is -4.15. The fourth-order valence-corrected chi connectivity index (χ4v) is 4.95. The number of nitrogens with one attached hydrogen (secondary N) is 2. The minimum Gasteiger partial charge on any atom is -0.449 e. The molecule has 3 rings (SSSR count). The first-order valence-corrected chi connectivity index (χ1v) is 13.2. The van der Waals surface area contributed by atoms with Crippen molar-refractivity contribution in [1.82, 2.24) is 0 Å². The zero-order valence-corrected chi connectivity index (χ0v) is 22.3. The number of nitrogens with zero attached hydrogens (tertiary/aromatic N) is 1. The summed E-state index contributed by atoms with van der Waals surface area (Å²) in [5.41, 5.74) is 1.33. The lowest BCUT2D eigenvalue weighted by molar-refractivity contribution is -0.123. The van der Waals surface area contributed by atoms with Crippen LogP contribution in [0.5, 0.6) is 0 Å². The first-order chi connectivity index (χ1) is 18.0. The average molecular weight is 556 g/mol. The fraction of sp³-hybridized carbons (Fsp3) is 0.148. The van der Waals surface area contributed by atoms with E-state index in [1.165, 1.54) is 44.2 Å². The fourth-order valence-electron chi connectivity index (χ4n) is 3.34. The molecule has 3 aromatic rings. The van der Waals surface area contributed by atoms with Crippen LogP contribution in [0.25, 0.3) is 0 Å². The second kappa shape index (κ2) is 12.4. The summed E-state index contributed by atoms with van der Waals surface area (Å²) < 4.78 is 33.2. The first kappa shape index (κ1) is 28.4. The molecule has 0 unspecified atom stereocenters. The number of sulfonamides is 1. The third-order valence-electron chi connectivity index (χ3n) is 5.19. The van der Waals surface area contributed by atoms with Gasteiger partial charge in [-0.25, -0.2) is 13.2 Å². The molecule has 2 N–H and O–H groups in total. The normalized spacial score (nSPS) is 11.7. The maximum atomic E-state index is 13.4. The maximum Gasteiger partial charge on any atom is 0.338 e. The van der Waals surface area contributed by atoms with E-state index in [0.29, 0.717) is 22.1 Å². The van der Waals surface area contributed by atoms with Crippen LogP contribution in [0, 0.1) is 0 Å². The van der Waals surface area contributed by atoms with Gasteiger partial charge in [0, 0.05) is 23.3 Å². The van der Waals surface area contributed by atoms with Gasteiger partial charge in [0.05, 0.1) is 22.7 Å². The summed E-state index contributed by atoms with van der Waals surface area (Å²) in [5.74, 6) is -1.68. The van der Waals surface area contributed by atoms with Crippen molar-refractivity contribution in [3.05, 3.63) is 96.0 Å². The summed E-state index contributed by atoms with van der Waals surface area (Å²) in [6.45, 7) is 6.40. The minimum atomic E-state index is -4.08. The maximum absolute atomic E-state index is 13.4. The van der Waals surface area contributed by atoms with Gasteiger partial charge in [0.1, 0.15) is 0 Å². The van der Waals surface area contributed by atoms with Crippen molar-refractivity contribution in [2.75, 3.05) is 21.5 Å². The van der Waals surface area contributed by atoms with Crippen LogP contribution in [0.4, 0.5) is 17.1 Å². The summed E-state index contributed by atoms with van der Waals surface area (Å²) >= 11 is 5.93. The van der Waals surface area contributed by atoms with Crippen molar-refractivity contribution < 1.29 is 27.5 Å². The van der Waals surface area contributed by atoms with Crippen molar-refractivity contribution >= 4 is 56.5 Å². The highest BCUT2D eigenvalue weighted by molar-refractivity contribution is 7.92. The van der Waals surface area contributed by atoms with Crippen molar-refractivity contribution in [3.8, 4) is 0 Å². The number of carbonyl (C=O) groups excluding carboxylic acids is 3. The lowest BCUT2D eigenvalue weighted by Crippen LogP contribution is -2.31. The number of hydrogen-bond acceptors (Lipinski definition) is 6. The summed E-state index contributed by atoms with van der Waals surface area (Å²) in [5, 5.41) is 5.68. The van der Waals surface area contributed by atoms with Crippen LogP contribution >= 0.6 is 11.6 Å². The van der Waals surface area contributed by atoms with Gasteiger partial charge in [-0.2, -0.15) is 0 Å². The topological polar surface area (TPSA) is 122 Å². The monoisotopic (exact) mass is 555 g/mol. The zero-order chi connectivity index (χ0) is 27.9. The van der Waals surface area contributed by atoms with Crippen molar-refractivity contribution in [3.63, 3.8) is 0 Å². The van der Waals surface area contributed by atoms with E-state index in [2.05, 4.69) is 17.2 Å². The van der Waals surface area contributed by atoms with E-state index in [1.807, 2.05) is 0 Å². The highest BCUT2D eigenvalue weighted by Gasteiger charge is 2.26. The molecule has 0 aliphatic rings. The largest absolute Gasteiger partial charge is 0.449 e. The molecular weight excluding hydrogens is 530 g/mol. The summed E-state index contributed by atoms with van der Waals surface area (Å²) in [6.07, 6.45) is 0.266. The summed E-state index contributed by atoms with van der Waals surface area (Å²) in [4.78, 5) is 36.3. The van der Waals surface area contributed by atoms with Gasteiger partial charge in [0.25, 0.3) is 15.9 Å². The number of amides is 2. The molecule has 1 atom stereocenters. The molecule has 198 valence electrons. The molecule has 11 heteroatoms. The molecule has 2 amide bonds. The number of anilines is 3. The van der Waals surface area contributed by atoms with Gasteiger partial charge in [-0.3, -0.25) is 13.9 Å². The van der Waals surface area contributed by atoms with E-state index in [0.717, 1.165) is 4.31 Å². The van der Waals surface area contributed by atoms with Gasteiger partial charge in [0.2, 0.25) is 5.91 Å². The van der Waals surface area contributed by atoms with E-state index in [1.54, 1.807) is 48.5 Å². The van der Waals surface area contributed by atoms with Crippen LogP contribution < -0.4 is 14.9 Å². The predicted octanol–water partition coefficient (Wildman–Crippen LogP) is 4.86. The molecule has 0 aliphatic heterocycles. The lowest BCUT2D eigenvalue weighted by atomic mass is 10.2. The lowest BCUT2D eigenvalue weighted by Gasteiger charge is -2.23. The van der Waals surface area contributed by atoms with E-state index in [4.69, 9.17) is 16.3 Å². The van der Waals surface area contributed by atoms with Crippen LogP contribution in [0.3, 0.4) is 0 Å². The number of ether oxygens (including phenoxy) is 1. The van der Waals surface area contributed by atoms with Crippen LogP contribution in [0.1, 0.15) is 24.2 Å². The third kappa shape index (κ3) is 7.21. The number of hydrogen-bond donors (Lipinski definition) is 2. The Morgan fingerprint density at radius 1 is 1.00 bits per heavy atom. The Labute approximate surface area is 226 Å². The summed E-state index contributed by atoms with van der Waals surface area (Å²) in [6, 6.07) is 18.0. The van der Waals surface area contributed by atoms with E-state index in [9.17, 15) is 22.8 Å². The Kier molecular flexibility index (Phi) is 9.27. The van der Waals surface area contributed by atoms with Gasteiger partial charge in [-0.05, 0) is 73.7 Å². The van der Waals surface area contributed by atoms with Gasteiger partial charge in [-0.15, -0.1) is 6.58 Å². The van der Waals surface area contributed by atoms with Crippen LogP contribution in [-0.4, -0.2) is 38.9 Å². The summed E-state index contributed by atoms with van der Waals surface area (Å²) in [7, 11) is -4.08.